The van der Waals surface area contributed by atoms with Gasteiger partial charge in [0.05, 0.1) is 5.92 Å². The van der Waals surface area contributed by atoms with Crippen LogP contribution in [0.15, 0.2) is 24.3 Å². The quantitative estimate of drug-likeness (QED) is 0.747. The van der Waals surface area contributed by atoms with Crippen LogP contribution in [0.5, 0.6) is 0 Å². The fourth-order valence-electron chi connectivity index (χ4n) is 2.93. The second-order valence-corrected chi connectivity index (χ2v) is 6.98. The highest BCUT2D eigenvalue weighted by Gasteiger charge is 2.30. The number of carbonyl (C=O) groups excluding carboxylic acids is 2. The Balaban J connectivity index is 1.97. The molecule has 2 rings (SSSR count). The summed E-state index contributed by atoms with van der Waals surface area (Å²) in [4.78, 5) is 28.6. The van der Waals surface area contributed by atoms with Crippen molar-refractivity contribution in [3.63, 3.8) is 0 Å². The fourth-order valence-corrected chi connectivity index (χ4v) is 3.47. The third kappa shape index (κ3) is 4.83. The number of nitrogens with one attached hydrogen (secondary N) is 1. The molecule has 1 aliphatic rings. The number of urea groups is 1. The SMILES string of the molecule is CCN(CC)C(=O)C1CCCN(C(=O)Nc2cccc(I)c2)C1. The Hall–Kier alpha value is -1.31. The molecule has 5 nitrogen and oxygen atoms in total. The molecule has 126 valence electrons. The zero-order valence-electron chi connectivity index (χ0n) is 13.7. The van der Waals surface area contributed by atoms with Gasteiger partial charge < -0.3 is 15.1 Å². The van der Waals surface area contributed by atoms with Crippen molar-refractivity contribution in [2.45, 2.75) is 26.7 Å². The molecule has 1 aromatic carbocycles. The van der Waals surface area contributed by atoms with Gasteiger partial charge >= 0.3 is 6.03 Å². The van der Waals surface area contributed by atoms with E-state index in [1.54, 1.807) is 4.90 Å². The minimum Gasteiger partial charge on any atom is -0.343 e. The molecular formula is C17H24IN3O2. The van der Waals surface area contributed by atoms with E-state index in [1.807, 2.05) is 43.0 Å². The zero-order chi connectivity index (χ0) is 16.8. The molecule has 1 fully saturated rings. The first-order chi connectivity index (χ1) is 11.0. The van der Waals surface area contributed by atoms with E-state index < -0.39 is 0 Å². The monoisotopic (exact) mass is 429 g/mol. The van der Waals surface area contributed by atoms with Crippen LogP contribution in [0.1, 0.15) is 26.7 Å². The summed E-state index contributed by atoms with van der Waals surface area (Å²) in [6, 6.07) is 7.59. The van der Waals surface area contributed by atoms with E-state index in [0.29, 0.717) is 13.1 Å². The molecule has 23 heavy (non-hydrogen) atoms. The summed E-state index contributed by atoms with van der Waals surface area (Å²) < 4.78 is 1.08. The molecule has 1 heterocycles. The third-order valence-electron chi connectivity index (χ3n) is 4.21. The van der Waals surface area contributed by atoms with Crippen LogP contribution in [0.3, 0.4) is 0 Å². The highest BCUT2D eigenvalue weighted by molar-refractivity contribution is 14.1. The van der Waals surface area contributed by atoms with Gasteiger partial charge in [-0.2, -0.15) is 0 Å². The minimum atomic E-state index is -0.121. The van der Waals surface area contributed by atoms with Crippen molar-refractivity contribution in [3.05, 3.63) is 27.8 Å². The number of anilines is 1. The average Bonchev–Trinajstić information content (AvgIpc) is 2.56. The molecule has 1 N–H and O–H groups in total. The third-order valence-corrected chi connectivity index (χ3v) is 4.88. The van der Waals surface area contributed by atoms with E-state index in [4.69, 9.17) is 0 Å². The highest BCUT2D eigenvalue weighted by Crippen LogP contribution is 2.20. The lowest BCUT2D eigenvalue weighted by Gasteiger charge is -2.34. The first-order valence-corrected chi connectivity index (χ1v) is 9.23. The van der Waals surface area contributed by atoms with Crippen molar-refractivity contribution in [1.29, 1.82) is 0 Å². The van der Waals surface area contributed by atoms with Crippen LogP contribution in [0, 0.1) is 9.49 Å². The molecule has 1 saturated heterocycles. The molecule has 0 aromatic heterocycles. The van der Waals surface area contributed by atoms with Gasteiger partial charge in [-0.3, -0.25) is 4.79 Å². The molecule has 0 bridgehead atoms. The maximum Gasteiger partial charge on any atom is 0.321 e. The van der Waals surface area contributed by atoms with E-state index >= 15 is 0 Å². The smallest absolute Gasteiger partial charge is 0.321 e. The van der Waals surface area contributed by atoms with Crippen molar-refractivity contribution in [3.8, 4) is 0 Å². The van der Waals surface area contributed by atoms with Gasteiger partial charge in [0.25, 0.3) is 0 Å². The second kappa shape index (κ2) is 8.52. The molecule has 0 aliphatic carbocycles. The van der Waals surface area contributed by atoms with Gasteiger partial charge in [0.15, 0.2) is 0 Å². The number of nitrogens with zero attached hydrogens (tertiary/aromatic N) is 2. The lowest BCUT2D eigenvalue weighted by Crippen LogP contribution is -2.47. The van der Waals surface area contributed by atoms with Gasteiger partial charge in [0, 0.05) is 35.4 Å². The first kappa shape index (κ1) is 18.0. The molecule has 1 aliphatic heterocycles. The maximum absolute atomic E-state index is 12.5. The molecule has 1 unspecified atom stereocenters. The maximum atomic E-state index is 12.5. The lowest BCUT2D eigenvalue weighted by molar-refractivity contribution is -0.136. The number of hydrogen-bond donors (Lipinski definition) is 1. The number of amides is 3. The predicted octanol–water partition coefficient (Wildman–Crippen LogP) is 3.40. The molecule has 1 aromatic rings. The Morgan fingerprint density at radius 3 is 2.74 bits per heavy atom. The van der Waals surface area contributed by atoms with E-state index in [2.05, 4.69) is 27.9 Å². The Bertz CT molecular complexity index is 561. The summed E-state index contributed by atoms with van der Waals surface area (Å²) in [5, 5.41) is 2.93. The Kier molecular flexibility index (Phi) is 6.68. The van der Waals surface area contributed by atoms with Gasteiger partial charge in [-0.25, -0.2) is 4.79 Å². The van der Waals surface area contributed by atoms with Gasteiger partial charge in [-0.1, -0.05) is 6.07 Å². The standard InChI is InChI=1S/C17H24IN3O2/c1-3-20(4-2)16(22)13-7-6-10-21(12-13)17(23)19-15-9-5-8-14(18)11-15/h5,8-9,11,13H,3-4,6-7,10,12H2,1-2H3,(H,19,23). The van der Waals surface area contributed by atoms with Gasteiger partial charge in [-0.05, 0) is 67.5 Å². The van der Waals surface area contributed by atoms with Crippen molar-refractivity contribution >= 4 is 40.2 Å². The first-order valence-electron chi connectivity index (χ1n) is 8.15. The summed E-state index contributed by atoms with van der Waals surface area (Å²) in [5.74, 6) is 0.0899. The van der Waals surface area contributed by atoms with E-state index in [1.165, 1.54) is 0 Å². The van der Waals surface area contributed by atoms with Crippen LogP contribution in [0.2, 0.25) is 0 Å². The number of carbonyl (C=O) groups is 2. The van der Waals surface area contributed by atoms with E-state index in [-0.39, 0.29) is 17.9 Å². The number of benzene rings is 1. The number of likely N-dealkylation sites (tertiary alicyclic amines) is 1. The summed E-state index contributed by atoms with van der Waals surface area (Å²) in [7, 11) is 0. The Morgan fingerprint density at radius 2 is 2.09 bits per heavy atom. The Labute approximate surface area is 151 Å². The molecular weight excluding hydrogens is 405 g/mol. The average molecular weight is 429 g/mol. The fraction of sp³-hybridized carbons (Fsp3) is 0.529. The molecule has 3 amide bonds. The van der Waals surface area contributed by atoms with Crippen molar-refractivity contribution < 1.29 is 9.59 Å². The predicted molar refractivity (Wildman–Crippen MR) is 100 cm³/mol. The normalized spacial score (nSPS) is 17.7. The highest BCUT2D eigenvalue weighted by atomic mass is 127. The van der Waals surface area contributed by atoms with Crippen LogP contribution in [-0.4, -0.2) is 47.9 Å². The number of piperidine rings is 1. The van der Waals surface area contributed by atoms with Crippen molar-refractivity contribution in [2.75, 3.05) is 31.5 Å². The molecule has 0 saturated carbocycles. The van der Waals surface area contributed by atoms with Crippen LogP contribution in [0.25, 0.3) is 0 Å². The zero-order valence-corrected chi connectivity index (χ0v) is 15.9. The van der Waals surface area contributed by atoms with Crippen LogP contribution in [-0.2, 0) is 4.79 Å². The van der Waals surface area contributed by atoms with Crippen molar-refractivity contribution in [2.24, 2.45) is 5.92 Å². The number of halogens is 1. The summed E-state index contributed by atoms with van der Waals surface area (Å²) in [6.07, 6.45) is 1.74. The lowest BCUT2D eigenvalue weighted by atomic mass is 9.96. The molecule has 0 radical (unpaired) electrons. The molecule has 1 atom stereocenters. The van der Waals surface area contributed by atoms with Gasteiger partial charge in [0.2, 0.25) is 5.91 Å². The van der Waals surface area contributed by atoms with E-state index in [0.717, 1.165) is 35.2 Å². The van der Waals surface area contributed by atoms with Gasteiger partial charge in [0.1, 0.15) is 0 Å². The molecule has 0 spiro atoms. The van der Waals surface area contributed by atoms with E-state index in [9.17, 15) is 9.59 Å². The Morgan fingerprint density at radius 1 is 1.35 bits per heavy atom. The second-order valence-electron chi connectivity index (χ2n) is 5.74. The summed E-state index contributed by atoms with van der Waals surface area (Å²) in [5.41, 5.74) is 0.791. The number of rotatable bonds is 4. The summed E-state index contributed by atoms with van der Waals surface area (Å²) >= 11 is 2.22. The van der Waals surface area contributed by atoms with Gasteiger partial charge in [-0.15, -0.1) is 0 Å². The van der Waals surface area contributed by atoms with Crippen LogP contribution < -0.4 is 5.32 Å². The molecule has 6 heteroatoms. The topological polar surface area (TPSA) is 52.7 Å². The van der Waals surface area contributed by atoms with Crippen molar-refractivity contribution in [1.82, 2.24) is 9.80 Å². The van der Waals surface area contributed by atoms with Crippen LogP contribution in [0.4, 0.5) is 10.5 Å². The largest absolute Gasteiger partial charge is 0.343 e. The minimum absolute atomic E-state index is 0.0784. The summed E-state index contributed by atoms with van der Waals surface area (Å²) in [6.45, 7) is 6.64. The van der Waals surface area contributed by atoms with Crippen LogP contribution >= 0.6 is 22.6 Å². The number of hydrogen-bond acceptors (Lipinski definition) is 2.